The number of carbonyl (C=O) groups is 1. The fourth-order valence-corrected chi connectivity index (χ4v) is 2.51. The van der Waals surface area contributed by atoms with Crippen LogP contribution in [0.1, 0.15) is 22.8 Å². The zero-order valence-electron chi connectivity index (χ0n) is 14.0. The average molecular weight is 355 g/mol. The Labute approximate surface area is 149 Å². The number of rotatable bonds is 6. The van der Waals surface area contributed by atoms with Crippen molar-refractivity contribution in [2.24, 2.45) is 11.0 Å². The van der Waals surface area contributed by atoms with E-state index >= 15 is 0 Å². The van der Waals surface area contributed by atoms with E-state index < -0.39 is 10.8 Å². The maximum absolute atomic E-state index is 12.0. The van der Waals surface area contributed by atoms with Gasteiger partial charge in [0, 0.05) is 23.9 Å². The molecule has 8 nitrogen and oxygen atoms in total. The molecule has 1 heterocycles. The quantitative estimate of drug-likeness (QED) is 0.487. The highest BCUT2D eigenvalue weighted by Crippen LogP contribution is 2.32. The number of hydrogen-bond acceptors (Lipinski definition) is 6. The highest BCUT2D eigenvalue weighted by atomic mass is 16.7. The van der Waals surface area contributed by atoms with Crippen LogP contribution in [0.15, 0.2) is 47.6 Å². The van der Waals surface area contributed by atoms with E-state index in [1.54, 1.807) is 6.21 Å². The average Bonchev–Trinajstić information content (AvgIpc) is 3.09. The van der Waals surface area contributed by atoms with Crippen molar-refractivity contribution < 1.29 is 19.2 Å². The summed E-state index contributed by atoms with van der Waals surface area (Å²) in [6.07, 6.45) is 2.38. The monoisotopic (exact) mass is 355 g/mol. The van der Waals surface area contributed by atoms with Gasteiger partial charge in [-0.3, -0.25) is 14.9 Å². The number of hydrogen-bond donors (Lipinski definition) is 1. The van der Waals surface area contributed by atoms with Gasteiger partial charge in [-0.2, -0.15) is 5.10 Å². The van der Waals surface area contributed by atoms with Crippen molar-refractivity contribution in [3.63, 3.8) is 0 Å². The molecule has 1 atom stereocenters. The van der Waals surface area contributed by atoms with Gasteiger partial charge in [-0.25, -0.2) is 5.43 Å². The van der Waals surface area contributed by atoms with Gasteiger partial charge in [0.25, 0.3) is 11.6 Å². The summed E-state index contributed by atoms with van der Waals surface area (Å²) in [4.78, 5) is 22.1. The summed E-state index contributed by atoms with van der Waals surface area (Å²) < 4.78 is 10.6. The highest BCUT2D eigenvalue weighted by molar-refractivity contribution is 5.94. The number of carbonyl (C=O) groups excluding carboxylic acids is 1. The molecule has 1 N–H and O–H groups in total. The fraction of sp³-hybridized carbons (Fsp3) is 0.222. The van der Waals surface area contributed by atoms with E-state index in [-0.39, 0.29) is 18.4 Å². The molecule has 3 rings (SSSR count). The zero-order chi connectivity index (χ0) is 18.5. The van der Waals surface area contributed by atoms with Crippen LogP contribution < -0.4 is 14.9 Å². The van der Waals surface area contributed by atoms with Gasteiger partial charge in [0.05, 0.1) is 4.92 Å². The van der Waals surface area contributed by atoms with Gasteiger partial charge < -0.3 is 9.47 Å². The maximum Gasteiger partial charge on any atom is 0.271 e. The Bertz CT molecular complexity index is 848. The van der Waals surface area contributed by atoms with Crippen molar-refractivity contribution in [3.05, 3.63) is 63.7 Å². The van der Waals surface area contributed by atoms with Gasteiger partial charge >= 0.3 is 0 Å². The summed E-state index contributed by atoms with van der Waals surface area (Å²) in [5, 5.41) is 14.6. The molecule has 134 valence electrons. The Kier molecular flexibility index (Phi) is 5.12. The summed E-state index contributed by atoms with van der Waals surface area (Å²) in [5.41, 5.74) is 3.74. The zero-order valence-corrected chi connectivity index (χ0v) is 14.0. The minimum atomic E-state index is -0.516. The lowest BCUT2D eigenvalue weighted by molar-refractivity contribution is -0.384. The largest absolute Gasteiger partial charge is 0.454 e. The van der Waals surface area contributed by atoms with Crippen molar-refractivity contribution in [1.29, 1.82) is 0 Å². The summed E-state index contributed by atoms with van der Waals surface area (Å²) >= 11 is 0. The Balaban J connectivity index is 1.52. The van der Waals surface area contributed by atoms with Gasteiger partial charge in [-0.1, -0.05) is 13.0 Å². The predicted octanol–water partition coefficient (Wildman–Crippen LogP) is 2.92. The second kappa shape index (κ2) is 7.64. The van der Waals surface area contributed by atoms with E-state index in [2.05, 4.69) is 10.5 Å². The van der Waals surface area contributed by atoms with E-state index in [0.29, 0.717) is 5.56 Å². The smallest absolute Gasteiger partial charge is 0.271 e. The van der Waals surface area contributed by atoms with E-state index in [0.717, 1.165) is 23.5 Å². The lowest BCUT2D eigenvalue weighted by atomic mass is 10.0. The maximum atomic E-state index is 12.0. The van der Waals surface area contributed by atoms with Crippen molar-refractivity contribution >= 4 is 17.8 Å². The molecule has 1 amide bonds. The first-order valence-corrected chi connectivity index (χ1v) is 7.99. The molecule has 26 heavy (non-hydrogen) atoms. The second-order valence-corrected chi connectivity index (χ2v) is 5.89. The van der Waals surface area contributed by atoms with Gasteiger partial charge in [-0.15, -0.1) is 0 Å². The minimum absolute atomic E-state index is 0.0672. The van der Waals surface area contributed by atoms with Gasteiger partial charge in [0.1, 0.15) is 0 Å². The molecule has 0 saturated carbocycles. The topological polar surface area (TPSA) is 103 Å². The predicted molar refractivity (Wildman–Crippen MR) is 94.5 cm³/mol. The molecule has 0 radical (unpaired) electrons. The summed E-state index contributed by atoms with van der Waals surface area (Å²) in [6.45, 7) is 2.22. The molecule has 0 spiro atoms. The molecule has 0 aromatic heterocycles. The first-order chi connectivity index (χ1) is 12.5. The molecule has 8 heteroatoms. The molecular formula is C18H17N3O5. The van der Waals surface area contributed by atoms with Crippen LogP contribution in [0.2, 0.25) is 0 Å². The number of amides is 1. The van der Waals surface area contributed by atoms with Crippen molar-refractivity contribution in [3.8, 4) is 11.5 Å². The number of nitro benzene ring substituents is 1. The van der Waals surface area contributed by atoms with Crippen LogP contribution in [-0.4, -0.2) is 23.8 Å². The fourth-order valence-electron chi connectivity index (χ4n) is 2.51. The normalized spacial score (nSPS) is 13.6. The minimum Gasteiger partial charge on any atom is -0.454 e. The van der Waals surface area contributed by atoms with E-state index in [1.807, 2.05) is 25.1 Å². The number of fused-ring (bicyclic) bond motifs is 1. The van der Waals surface area contributed by atoms with E-state index in [1.165, 1.54) is 24.3 Å². The molecule has 1 aliphatic rings. The number of hydrazone groups is 1. The standard InChI is InChI=1S/C18H17N3O5/c1-12(8-13-2-7-16-17(9-13)26-11-25-16)10-19-20-18(22)14-3-5-15(6-4-14)21(23)24/h2-7,9-10,12H,8,11H2,1H3,(H,20,22)/t12-/m0/s1. The lowest BCUT2D eigenvalue weighted by Crippen LogP contribution is -2.18. The van der Waals surface area contributed by atoms with Crippen molar-refractivity contribution in [2.45, 2.75) is 13.3 Å². The van der Waals surface area contributed by atoms with Gasteiger partial charge in [0.15, 0.2) is 11.5 Å². The molecule has 2 aromatic carbocycles. The third-order valence-electron chi connectivity index (χ3n) is 3.83. The number of benzene rings is 2. The van der Waals surface area contributed by atoms with Crippen LogP contribution in [-0.2, 0) is 6.42 Å². The van der Waals surface area contributed by atoms with Crippen molar-refractivity contribution in [2.75, 3.05) is 6.79 Å². The Morgan fingerprint density at radius 2 is 2.00 bits per heavy atom. The number of non-ortho nitro benzene ring substituents is 1. The van der Waals surface area contributed by atoms with Crippen LogP contribution in [0.3, 0.4) is 0 Å². The molecule has 1 aliphatic heterocycles. The SMILES string of the molecule is C[C@H](C=NNC(=O)c1ccc([N+](=O)[O-])cc1)Cc1ccc2c(c1)OCO2. The number of ether oxygens (including phenoxy) is 2. The first-order valence-electron chi connectivity index (χ1n) is 7.99. The van der Waals surface area contributed by atoms with Crippen LogP contribution in [0.4, 0.5) is 5.69 Å². The summed E-state index contributed by atoms with van der Waals surface area (Å²) in [5.74, 6) is 1.14. The van der Waals surface area contributed by atoms with E-state index in [4.69, 9.17) is 9.47 Å². The Morgan fingerprint density at radius 3 is 2.73 bits per heavy atom. The molecular weight excluding hydrogens is 338 g/mol. The van der Waals surface area contributed by atoms with Crippen molar-refractivity contribution in [1.82, 2.24) is 5.43 Å². The lowest BCUT2D eigenvalue weighted by Gasteiger charge is -2.07. The van der Waals surface area contributed by atoms with Crippen LogP contribution in [0.5, 0.6) is 11.5 Å². The molecule has 0 aliphatic carbocycles. The van der Waals surface area contributed by atoms with Crippen LogP contribution >= 0.6 is 0 Å². The summed E-state index contributed by atoms with van der Waals surface area (Å²) in [6, 6.07) is 11.1. The van der Waals surface area contributed by atoms with E-state index in [9.17, 15) is 14.9 Å². The van der Waals surface area contributed by atoms with Crippen LogP contribution in [0.25, 0.3) is 0 Å². The number of nitrogens with zero attached hydrogens (tertiary/aromatic N) is 2. The van der Waals surface area contributed by atoms with Gasteiger partial charge in [0.2, 0.25) is 6.79 Å². The number of nitro groups is 1. The molecule has 0 unspecified atom stereocenters. The molecule has 0 fully saturated rings. The molecule has 0 saturated heterocycles. The van der Waals surface area contributed by atoms with Crippen LogP contribution in [0, 0.1) is 16.0 Å². The third-order valence-corrected chi connectivity index (χ3v) is 3.83. The molecule has 2 aromatic rings. The first kappa shape index (κ1) is 17.4. The number of nitrogens with one attached hydrogen (secondary N) is 1. The Hall–Kier alpha value is -3.42. The molecule has 0 bridgehead atoms. The Morgan fingerprint density at radius 1 is 1.27 bits per heavy atom. The second-order valence-electron chi connectivity index (χ2n) is 5.89. The van der Waals surface area contributed by atoms with Gasteiger partial charge in [-0.05, 0) is 42.2 Å². The third kappa shape index (κ3) is 4.15. The summed E-state index contributed by atoms with van der Waals surface area (Å²) in [7, 11) is 0. The highest BCUT2D eigenvalue weighted by Gasteiger charge is 2.14.